The molecule has 1 heterocycles. The van der Waals surface area contributed by atoms with Gasteiger partial charge < -0.3 is 5.32 Å². The van der Waals surface area contributed by atoms with Crippen LogP contribution in [0.15, 0.2) is 48.5 Å². The summed E-state index contributed by atoms with van der Waals surface area (Å²) in [6, 6.07) is 15.0. The van der Waals surface area contributed by atoms with Crippen molar-refractivity contribution in [2.24, 2.45) is 0 Å². The minimum absolute atomic E-state index is 0.00630. The molecular formula is C18H18ClN5O. The number of tetrazole rings is 1. The van der Waals surface area contributed by atoms with E-state index in [1.54, 1.807) is 6.07 Å². The minimum atomic E-state index is -0.208. The molecular weight excluding hydrogens is 338 g/mol. The molecule has 1 amide bonds. The third kappa shape index (κ3) is 4.22. The molecule has 128 valence electrons. The van der Waals surface area contributed by atoms with E-state index in [4.69, 9.17) is 11.6 Å². The van der Waals surface area contributed by atoms with Gasteiger partial charge >= 0.3 is 0 Å². The Balaban J connectivity index is 1.64. The van der Waals surface area contributed by atoms with E-state index >= 15 is 0 Å². The predicted molar refractivity (Wildman–Crippen MR) is 96.0 cm³/mol. The summed E-state index contributed by atoms with van der Waals surface area (Å²) in [5.74, 6) is 0.284. The van der Waals surface area contributed by atoms with Gasteiger partial charge in [0, 0.05) is 10.6 Å². The number of nitrogens with one attached hydrogen (secondary N) is 1. The molecule has 0 saturated carbocycles. The molecule has 1 N–H and O–H groups in total. The Morgan fingerprint density at radius 2 is 1.92 bits per heavy atom. The van der Waals surface area contributed by atoms with Gasteiger partial charge in [0.1, 0.15) is 6.54 Å². The molecule has 6 nitrogen and oxygen atoms in total. The Bertz CT molecular complexity index is 875. The number of rotatable bonds is 5. The number of halogens is 1. The number of carbonyl (C=O) groups is 1. The van der Waals surface area contributed by atoms with E-state index in [-0.39, 0.29) is 18.5 Å². The van der Waals surface area contributed by atoms with E-state index in [0.29, 0.717) is 10.8 Å². The van der Waals surface area contributed by atoms with Crippen LogP contribution >= 0.6 is 11.6 Å². The van der Waals surface area contributed by atoms with E-state index in [9.17, 15) is 4.79 Å². The largest absolute Gasteiger partial charge is 0.348 e. The molecule has 0 saturated heterocycles. The van der Waals surface area contributed by atoms with Crippen LogP contribution in [-0.2, 0) is 11.3 Å². The number of nitrogens with zero attached hydrogens (tertiary/aromatic N) is 4. The number of hydrogen-bond donors (Lipinski definition) is 1. The van der Waals surface area contributed by atoms with Crippen molar-refractivity contribution in [1.29, 1.82) is 0 Å². The second kappa shape index (κ2) is 7.44. The van der Waals surface area contributed by atoms with Crippen molar-refractivity contribution in [3.8, 4) is 11.4 Å². The molecule has 3 rings (SSSR count). The van der Waals surface area contributed by atoms with Crippen LogP contribution in [0.2, 0.25) is 5.02 Å². The van der Waals surface area contributed by atoms with Gasteiger partial charge in [0.2, 0.25) is 11.7 Å². The first kappa shape index (κ1) is 17.1. The Labute approximate surface area is 150 Å². The molecule has 0 unspecified atom stereocenters. The monoisotopic (exact) mass is 355 g/mol. The lowest BCUT2D eigenvalue weighted by atomic mass is 10.1. The maximum absolute atomic E-state index is 12.2. The van der Waals surface area contributed by atoms with Crippen LogP contribution in [-0.4, -0.2) is 26.1 Å². The first-order valence-corrected chi connectivity index (χ1v) is 8.29. The zero-order valence-corrected chi connectivity index (χ0v) is 14.7. The van der Waals surface area contributed by atoms with Gasteiger partial charge in [-0.2, -0.15) is 4.80 Å². The second-order valence-electron chi connectivity index (χ2n) is 5.82. The van der Waals surface area contributed by atoms with Crippen molar-refractivity contribution in [2.75, 3.05) is 0 Å². The zero-order chi connectivity index (χ0) is 17.8. The fourth-order valence-corrected chi connectivity index (χ4v) is 2.75. The lowest BCUT2D eigenvalue weighted by Gasteiger charge is -2.15. The van der Waals surface area contributed by atoms with Gasteiger partial charge in [-0.15, -0.1) is 10.2 Å². The van der Waals surface area contributed by atoms with Crippen molar-refractivity contribution in [3.63, 3.8) is 0 Å². The summed E-state index contributed by atoms with van der Waals surface area (Å²) in [5.41, 5.74) is 2.88. The van der Waals surface area contributed by atoms with E-state index < -0.39 is 0 Å². The molecule has 2 aromatic carbocycles. The van der Waals surface area contributed by atoms with Crippen LogP contribution in [0.4, 0.5) is 0 Å². The molecule has 0 aliphatic carbocycles. The van der Waals surface area contributed by atoms with Gasteiger partial charge in [0.25, 0.3) is 0 Å². The first-order valence-electron chi connectivity index (χ1n) is 7.91. The third-order valence-electron chi connectivity index (χ3n) is 3.80. The Kier molecular flexibility index (Phi) is 5.09. The van der Waals surface area contributed by atoms with Crippen LogP contribution < -0.4 is 5.32 Å². The SMILES string of the molecule is Cc1ccc(-c2nnn(CC(=O)N[C@@H](C)c3ccccc3Cl)n2)cc1. The topological polar surface area (TPSA) is 72.7 Å². The summed E-state index contributed by atoms with van der Waals surface area (Å²) < 4.78 is 0. The van der Waals surface area contributed by atoms with Gasteiger partial charge in [0.05, 0.1) is 6.04 Å². The van der Waals surface area contributed by atoms with Gasteiger partial charge in [-0.05, 0) is 30.7 Å². The van der Waals surface area contributed by atoms with Crippen molar-refractivity contribution in [2.45, 2.75) is 26.4 Å². The number of aryl methyl sites for hydroxylation is 1. The smallest absolute Gasteiger partial charge is 0.244 e. The van der Waals surface area contributed by atoms with Gasteiger partial charge in [-0.3, -0.25) is 4.79 Å². The van der Waals surface area contributed by atoms with Crippen molar-refractivity contribution < 1.29 is 4.79 Å². The molecule has 7 heteroatoms. The number of carbonyl (C=O) groups excluding carboxylic acids is 1. The van der Waals surface area contributed by atoms with Crippen molar-refractivity contribution in [1.82, 2.24) is 25.5 Å². The normalized spacial score (nSPS) is 12.0. The maximum atomic E-state index is 12.2. The molecule has 1 aromatic heterocycles. The lowest BCUT2D eigenvalue weighted by Crippen LogP contribution is -2.31. The Morgan fingerprint density at radius 1 is 1.20 bits per heavy atom. The summed E-state index contributed by atoms with van der Waals surface area (Å²) >= 11 is 6.15. The summed E-state index contributed by atoms with van der Waals surface area (Å²) in [5, 5.41) is 15.7. The van der Waals surface area contributed by atoms with Crippen LogP contribution in [0, 0.1) is 6.92 Å². The Hall–Kier alpha value is -2.73. The lowest BCUT2D eigenvalue weighted by molar-refractivity contribution is -0.122. The molecule has 0 spiro atoms. The maximum Gasteiger partial charge on any atom is 0.244 e. The van der Waals surface area contributed by atoms with E-state index in [0.717, 1.165) is 16.7 Å². The summed E-state index contributed by atoms with van der Waals surface area (Å²) in [7, 11) is 0. The molecule has 0 aliphatic heterocycles. The summed E-state index contributed by atoms with van der Waals surface area (Å²) in [4.78, 5) is 13.5. The van der Waals surface area contributed by atoms with E-state index in [1.807, 2.05) is 56.3 Å². The molecule has 1 atom stereocenters. The van der Waals surface area contributed by atoms with Crippen LogP contribution in [0.3, 0.4) is 0 Å². The first-order chi connectivity index (χ1) is 12.0. The van der Waals surface area contributed by atoms with E-state index in [1.165, 1.54) is 4.80 Å². The van der Waals surface area contributed by atoms with Crippen LogP contribution in [0.25, 0.3) is 11.4 Å². The summed E-state index contributed by atoms with van der Waals surface area (Å²) in [6.45, 7) is 3.89. The molecule has 0 radical (unpaired) electrons. The summed E-state index contributed by atoms with van der Waals surface area (Å²) in [6.07, 6.45) is 0. The molecule has 3 aromatic rings. The van der Waals surface area contributed by atoms with Gasteiger partial charge in [0.15, 0.2) is 0 Å². The zero-order valence-electron chi connectivity index (χ0n) is 14.0. The standard InChI is InChI=1S/C18H18ClN5O/c1-12-7-9-14(10-8-12)18-21-23-24(22-18)11-17(25)20-13(2)15-5-3-4-6-16(15)19/h3-10,13H,11H2,1-2H3,(H,20,25)/t13-/m0/s1. The van der Waals surface area contributed by atoms with Crippen LogP contribution in [0.5, 0.6) is 0 Å². The minimum Gasteiger partial charge on any atom is -0.348 e. The third-order valence-corrected chi connectivity index (χ3v) is 4.14. The average molecular weight is 356 g/mol. The number of benzene rings is 2. The molecule has 25 heavy (non-hydrogen) atoms. The highest BCUT2D eigenvalue weighted by Crippen LogP contribution is 2.22. The highest BCUT2D eigenvalue weighted by Gasteiger charge is 2.14. The van der Waals surface area contributed by atoms with Crippen molar-refractivity contribution >= 4 is 17.5 Å². The van der Waals surface area contributed by atoms with Crippen molar-refractivity contribution in [3.05, 3.63) is 64.7 Å². The highest BCUT2D eigenvalue weighted by molar-refractivity contribution is 6.31. The van der Waals surface area contributed by atoms with Crippen LogP contribution in [0.1, 0.15) is 24.1 Å². The Morgan fingerprint density at radius 3 is 2.64 bits per heavy atom. The number of amides is 1. The quantitative estimate of drug-likeness (QED) is 0.763. The second-order valence-corrected chi connectivity index (χ2v) is 6.23. The predicted octanol–water partition coefficient (Wildman–Crippen LogP) is 3.18. The van der Waals surface area contributed by atoms with Gasteiger partial charge in [-0.1, -0.05) is 59.6 Å². The fraction of sp³-hybridized carbons (Fsp3) is 0.222. The average Bonchev–Trinajstić information content (AvgIpc) is 3.04. The number of aromatic nitrogens is 4. The number of hydrogen-bond acceptors (Lipinski definition) is 4. The fourth-order valence-electron chi connectivity index (χ4n) is 2.45. The van der Waals surface area contributed by atoms with Gasteiger partial charge in [-0.25, -0.2) is 0 Å². The van der Waals surface area contributed by atoms with E-state index in [2.05, 4.69) is 20.7 Å². The molecule has 0 fully saturated rings. The highest BCUT2D eigenvalue weighted by atomic mass is 35.5. The molecule has 0 bridgehead atoms. The molecule has 0 aliphatic rings.